The number of hydrogen-bond acceptors (Lipinski definition) is 4. The van der Waals surface area contributed by atoms with E-state index in [1.165, 1.54) is 0 Å². The van der Waals surface area contributed by atoms with Crippen LogP contribution in [0.2, 0.25) is 0 Å². The minimum atomic E-state index is 0.00512. The van der Waals surface area contributed by atoms with Crippen LogP contribution in [-0.4, -0.2) is 50.6 Å². The molecule has 128 valence electrons. The Bertz CT molecular complexity index is 896. The summed E-state index contributed by atoms with van der Waals surface area (Å²) in [6.07, 6.45) is 7.23. The maximum absolute atomic E-state index is 12.8. The van der Waals surface area contributed by atoms with Gasteiger partial charge in [0.2, 0.25) is 0 Å². The normalized spacial score (nSPS) is 20.8. The molecule has 25 heavy (non-hydrogen) atoms. The van der Waals surface area contributed by atoms with Crippen LogP contribution in [0, 0.1) is 0 Å². The molecule has 3 aromatic heterocycles. The first kappa shape index (κ1) is 15.8. The Morgan fingerprint density at radius 1 is 1.20 bits per heavy atom. The first-order valence-corrected chi connectivity index (χ1v) is 8.44. The molecule has 0 bridgehead atoms. The van der Waals surface area contributed by atoms with E-state index in [1.807, 2.05) is 53.8 Å². The lowest BCUT2D eigenvalue weighted by Crippen LogP contribution is -2.48. The minimum Gasteiger partial charge on any atom is -0.372 e. The van der Waals surface area contributed by atoms with Crippen molar-refractivity contribution >= 4 is 16.9 Å². The fourth-order valence-electron chi connectivity index (χ4n) is 3.37. The second-order valence-electron chi connectivity index (χ2n) is 6.50. The summed E-state index contributed by atoms with van der Waals surface area (Å²) in [5.74, 6) is 0.00512. The van der Waals surface area contributed by atoms with Gasteiger partial charge in [-0.25, -0.2) is 4.98 Å². The quantitative estimate of drug-likeness (QED) is 0.722. The van der Waals surface area contributed by atoms with Crippen molar-refractivity contribution < 1.29 is 9.53 Å². The summed E-state index contributed by atoms with van der Waals surface area (Å²) in [7, 11) is 0. The van der Waals surface area contributed by atoms with Crippen molar-refractivity contribution in [1.82, 2.24) is 19.4 Å². The lowest BCUT2D eigenvalue weighted by atomic mass is 10.1. The van der Waals surface area contributed by atoms with Crippen LogP contribution < -0.4 is 0 Å². The number of carbonyl (C=O) groups is 1. The Morgan fingerprint density at radius 3 is 2.72 bits per heavy atom. The molecule has 1 fully saturated rings. The number of aromatic nitrogens is 3. The molecule has 0 radical (unpaired) electrons. The van der Waals surface area contributed by atoms with E-state index in [4.69, 9.17) is 4.74 Å². The van der Waals surface area contributed by atoms with E-state index in [1.54, 1.807) is 18.6 Å². The predicted molar refractivity (Wildman–Crippen MR) is 94.8 cm³/mol. The van der Waals surface area contributed by atoms with E-state index in [-0.39, 0.29) is 18.1 Å². The summed E-state index contributed by atoms with van der Waals surface area (Å²) >= 11 is 0. The van der Waals surface area contributed by atoms with Gasteiger partial charge in [-0.05, 0) is 38.1 Å². The maximum atomic E-state index is 12.8. The lowest BCUT2D eigenvalue weighted by Gasteiger charge is -2.35. The number of fused-ring (bicyclic) bond motifs is 1. The summed E-state index contributed by atoms with van der Waals surface area (Å²) in [6.45, 7) is 5.20. The first-order chi connectivity index (χ1) is 12.1. The molecule has 1 aliphatic rings. The molecule has 0 N–H and O–H groups in total. The summed E-state index contributed by atoms with van der Waals surface area (Å²) < 4.78 is 7.67. The van der Waals surface area contributed by atoms with Crippen LogP contribution in [0.4, 0.5) is 0 Å². The second kappa shape index (κ2) is 6.29. The Kier molecular flexibility index (Phi) is 3.97. The third-order valence-electron chi connectivity index (χ3n) is 4.40. The van der Waals surface area contributed by atoms with Gasteiger partial charge in [-0.3, -0.25) is 14.3 Å². The van der Waals surface area contributed by atoms with Crippen molar-refractivity contribution in [2.24, 2.45) is 0 Å². The molecule has 4 rings (SSSR count). The van der Waals surface area contributed by atoms with Gasteiger partial charge >= 0.3 is 0 Å². The standard InChI is InChI=1S/C19H20N4O2/c1-13-11-22(12-14(2)25-13)19(24)16-8-15-5-7-23(18(15)21-9-16)17-4-3-6-20-10-17/h3-10,13-14H,11-12H2,1-2H3. The van der Waals surface area contributed by atoms with Crippen LogP contribution in [0.15, 0.2) is 49.1 Å². The first-order valence-electron chi connectivity index (χ1n) is 8.44. The highest BCUT2D eigenvalue weighted by Crippen LogP contribution is 2.21. The smallest absolute Gasteiger partial charge is 0.255 e. The van der Waals surface area contributed by atoms with E-state index < -0.39 is 0 Å². The molecule has 0 aliphatic carbocycles. The molecule has 3 aromatic rings. The van der Waals surface area contributed by atoms with Gasteiger partial charge in [0.15, 0.2) is 0 Å². The van der Waals surface area contributed by atoms with Crippen LogP contribution >= 0.6 is 0 Å². The number of amides is 1. The van der Waals surface area contributed by atoms with E-state index in [0.717, 1.165) is 16.7 Å². The van der Waals surface area contributed by atoms with Crippen molar-refractivity contribution in [2.75, 3.05) is 13.1 Å². The fraction of sp³-hybridized carbons (Fsp3) is 0.316. The van der Waals surface area contributed by atoms with Crippen LogP contribution in [0.25, 0.3) is 16.7 Å². The second-order valence-corrected chi connectivity index (χ2v) is 6.50. The topological polar surface area (TPSA) is 60.2 Å². The number of hydrogen-bond donors (Lipinski definition) is 0. The zero-order chi connectivity index (χ0) is 17.4. The van der Waals surface area contributed by atoms with Gasteiger partial charge in [-0.1, -0.05) is 0 Å². The zero-order valence-electron chi connectivity index (χ0n) is 14.3. The molecule has 1 saturated heterocycles. The monoisotopic (exact) mass is 336 g/mol. The third-order valence-corrected chi connectivity index (χ3v) is 4.40. The van der Waals surface area contributed by atoms with Crippen molar-refractivity contribution in [3.8, 4) is 5.69 Å². The Balaban J connectivity index is 1.65. The average molecular weight is 336 g/mol. The average Bonchev–Trinajstić information content (AvgIpc) is 3.04. The molecule has 2 atom stereocenters. The number of ether oxygens (including phenoxy) is 1. The number of rotatable bonds is 2. The Labute approximate surface area is 146 Å². The van der Waals surface area contributed by atoms with Gasteiger partial charge in [0.25, 0.3) is 5.91 Å². The molecule has 0 spiro atoms. The van der Waals surface area contributed by atoms with E-state index in [9.17, 15) is 4.79 Å². The molecule has 6 heteroatoms. The zero-order valence-corrected chi connectivity index (χ0v) is 14.3. The predicted octanol–water partition coefficient (Wildman–Crippen LogP) is 2.67. The molecule has 1 amide bonds. The van der Waals surface area contributed by atoms with Crippen molar-refractivity contribution in [3.63, 3.8) is 0 Å². The van der Waals surface area contributed by atoms with Gasteiger partial charge in [0.1, 0.15) is 5.65 Å². The van der Waals surface area contributed by atoms with Gasteiger partial charge in [0, 0.05) is 37.1 Å². The van der Waals surface area contributed by atoms with Gasteiger partial charge in [-0.2, -0.15) is 0 Å². The summed E-state index contributed by atoms with van der Waals surface area (Å²) in [6, 6.07) is 7.74. The highest BCUT2D eigenvalue weighted by Gasteiger charge is 2.27. The van der Waals surface area contributed by atoms with Crippen LogP contribution in [0.5, 0.6) is 0 Å². The Morgan fingerprint density at radius 2 is 2.00 bits per heavy atom. The molecule has 0 aromatic carbocycles. The lowest BCUT2D eigenvalue weighted by molar-refractivity contribution is -0.0586. The summed E-state index contributed by atoms with van der Waals surface area (Å²) in [4.78, 5) is 23.3. The van der Waals surface area contributed by atoms with E-state index in [2.05, 4.69) is 9.97 Å². The molecule has 2 unspecified atom stereocenters. The van der Waals surface area contributed by atoms with Crippen LogP contribution in [0.1, 0.15) is 24.2 Å². The largest absolute Gasteiger partial charge is 0.372 e. The molecular formula is C19H20N4O2. The molecule has 0 saturated carbocycles. The van der Waals surface area contributed by atoms with Gasteiger partial charge in [-0.15, -0.1) is 0 Å². The highest BCUT2D eigenvalue weighted by atomic mass is 16.5. The van der Waals surface area contributed by atoms with Crippen LogP contribution in [0.3, 0.4) is 0 Å². The summed E-state index contributed by atoms with van der Waals surface area (Å²) in [5, 5.41) is 0.934. The number of morpholine rings is 1. The SMILES string of the molecule is CC1CN(C(=O)c2cnc3c(ccn3-c3cccnc3)c2)CC(C)O1. The molecule has 4 heterocycles. The molecule has 1 aliphatic heterocycles. The minimum absolute atomic E-state index is 0.00512. The van der Waals surface area contributed by atoms with Crippen LogP contribution in [-0.2, 0) is 4.74 Å². The molecule has 6 nitrogen and oxygen atoms in total. The van der Waals surface area contributed by atoms with E-state index >= 15 is 0 Å². The van der Waals surface area contributed by atoms with Crippen molar-refractivity contribution in [3.05, 3.63) is 54.6 Å². The number of nitrogens with zero attached hydrogens (tertiary/aromatic N) is 4. The van der Waals surface area contributed by atoms with Gasteiger partial charge in [0.05, 0.1) is 29.7 Å². The highest BCUT2D eigenvalue weighted by molar-refractivity contribution is 5.97. The Hall–Kier alpha value is -2.73. The summed E-state index contributed by atoms with van der Waals surface area (Å²) in [5.41, 5.74) is 2.37. The van der Waals surface area contributed by atoms with Gasteiger partial charge < -0.3 is 9.64 Å². The van der Waals surface area contributed by atoms with Crippen molar-refractivity contribution in [1.29, 1.82) is 0 Å². The maximum Gasteiger partial charge on any atom is 0.255 e. The fourth-order valence-corrected chi connectivity index (χ4v) is 3.37. The third kappa shape index (κ3) is 3.00. The molecular weight excluding hydrogens is 316 g/mol. The van der Waals surface area contributed by atoms with E-state index in [0.29, 0.717) is 18.7 Å². The number of carbonyl (C=O) groups excluding carboxylic acids is 1. The van der Waals surface area contributed by atoms with Crippen molar-refractivity contribution in [2.45, 2.75) is 26.1 Å². The number of pyridine rings is 2.